The highest BCUT2D eigenvalue weighted by molar-refractivity contribution is 5.79. The first-order valence-electron chi connectivity index (χ1n) is 10.2. The van der Waals surface area contributed by atoms with Gasteiger partial charge < -0.3 is 9.64 Å². The third-order valence-corrected chi connectivity index (χ3v) is 6.34. The smallest absolute Gasteiger partial charge is 0.345 e. The third-order valence-electron chi connectivity index (χ3n) is 6.34. The molecule has 2 aliphatic heterocycles. The molecule has 0 N–H and O–H groups in total. The number of nitrogens with zero attached hydrogens (tertiary/aromatic N) is 4. The van der Waals surface area contributed by atoms with Crippen molar-refractivity contribution in [2.24, 2.45) is 13.0 Å². The molecular weight excluding hydrogens is 332 g/mol. The van der Waals surface area contributed by atoms with Gasteiger partial charge in [-0.1, -0.05) is 12.8 Å². The molecule has 1 amide bonds. The van der Waals surface area contributed by atoms with Crippen LogP contribution in [0.25, 0.3) is 0 Å². The van der Waals surface area contributed by atoms with Crippen LogP contribution in [0.2, 0.25) is 0 Å². The first-order valence-corrected chi connectivity index (χ1v) is 10.2. The number of carbonyl (C=O) groups excluding carboxylic acids is 1. The number of ether oxygens (including phenoxy) is 1. The van der Waals surface area contributed by atoms with Gasteiger partial charge in [-0.15, -0.1) is 0 Å². The first kappa shape index (κ1) is 17.8. The highest BCUT2D eigenvalue weighted by atomic mass is 16.5. The SMILES string of the molecule is Cn1nc(C2CCCN(C(=O)C3CCOCC3)C2)n(C2CCCC2)c1=O. The van der Waals surface area contributed by atoms with Gasteiger partial charge in [-0.05, 0) is 38.5 Å². The fourth-order valence-corrected chi connectivity index (χ4v) is 4.87. The van der Waals surface area contributed by atoms with Crippen LogP contribution in [0.15, 0.2) is 4.79 Å². The Balaban J connectivity index is 1.53. The normalized spacial score (nSPS) is 25.7. The molecule has 1 aromatic heterocycles. The molecule has 0 bridgehead atoms. The maximum Gasteiger partial charge on any atom is 0.345 e. The molecule has 0 spiro atoms. The first-order chi connectivity index (χ1) is 12.6. The number of hydrogen-bond acceptors (Lipinski definition) is 4. The van der Waals surface area contributed by atoms with E-state index in [0.29, 0.717) is 19.8 Å². The minimum atomic E-state index is -0.000204. The van der Waals surface area contributed by atoms with Crippen LogP contribution in [0.4, 0.5) is 0 Å². The van der Waals surface area contributed by atoms with Crippen molar-refractivity contribution in [2.75, 3.05) is 26.3 Å². The van der Waals surface area contributed by atoms with E-state index < -0.39 is 0 Å². The molecule has 0 aromatic carbocycles. The second kappa shape index (κ2) is 7.55. The Morgan fingerprint density at radius 3 is 2.54 bits per heavy atom. The van der Waals surface area contributed by atoms with E-state index in [-0.39, 0.29) is 29.5 Å². The third kappa shape index (κ3) is 3.33. The average molecular weight is 362 g/mol. The van der Waals surface area contributed by atoms with Gasteiger partial charge in [0.25, 0.3) is 0 Å². The van der Waals surface area contributed by atoms with Gasteiger partial charge in [0.1, 0.15) is 5.82 Å². The molecule has 3 heterocycles. The van der Waals surface area contributed by atoms with Crippen LogP contribution >= 0.6 is 0 Å². The monoisotopic (exact) mass is 362 g/mol. The molecule has 1 aromatic rings. The van der Waals surface area contributed by atoms with Crippen LogP contribution in [0.3, 0.4) is 0 Å². The number of carbonyl (C=O) groups is 1. The van der Waals surface area contributed by atoms with E-state index in [0.717, 1.165) is 50.9 Å². The van der Waals surface area contributed by atoms with E-state index in [2.05, 4.69) is 5.10 Å². The van der Waals surface area contributed by atoms with E-state index in [1.165, 1.54) is 17.5 Å². The highest BCUT2D eigenvalue weighted by Gasteiger charge is 2.34. The molecule has 26 heavy (non-hydrogen) atoms. The predicted octanol–water partition coefficient (Wildman–Crippen LogP) is 1.83. The zero-order valence-corrected chi connectivity index (χ0v) is 15.7. The Morgan fingerprint density at radius 1 is 1.08 bits per heavy atom. The average Bonchev–Trinajstić information content (AvgIpc) is 3.30. The van der Waals surface area contributed by atoms with Crippen molar-refractivity contribution in [2.45, 2.75) is 63.3 Å². The summed E-state index contributed by atoms with van der Waals surface area (Å²) in [5.41, 5.74) is -0.000204. The lowest BCUT2D eigenvalue weighted by atomic mass is 9.93. The minimum Gasteiger partial charge on any atom is -0.381 e. The molecule has 1 aliphatic carbocycles. The Kier molecular flexibility index (Phi) is 5.16. The van der Waals surface area contributed by atoms with E-state index in [1.54, 1.807) is 7.05 Å². The fraction of sp³-hybridized carbons (Fsp3) is 0.842. The van der Waals surface area contributed by atoms with Crippen LogP contribution in [0.1, 0.15) is 69.2 Å². The molecule has 1 atom stereocenters. The van der Waals surface area contributed by atoms with Crippen molar-refractivity contribution in [1.82, 2.24) is 19.2 Å². The zero-order chi connectivity index (χ0) is 18.1. The summed E-state index contributed by atoms with van der Waals surface area (Å²) in [6.07, 6.45) is 8.14. The Hall–Kier alpha value is -1.63. The van der Waals surface area contributed by atoms with Gasteiger partial charge in [0, 0.05) is 51.2 Å². The van der Waals surface area contributed by atoms with Crippen molar-refractivity contribution < 1.29 is 9.53 Å². The molecule has 7 nitrogen and oxygen atoms in total. The Morgan fingerprint density at radius 2 is 1.81 bits per heavy atom. The molecular formula is C19H30N4O3. The zero-order valence-electron chi connectivity index (χ0n) is 15.7. The Bertz CT molecular complexity index is 698. The number of aromatic nitrogens is 3. The minimum absolute atomic E-state index is 0.000204. The number of piperidine rings is 1. The molecule has 1 unspecified atom stereocenters. The standard InChI is InChI=1S/C19H30N4O3/c1-21-19(25)23(16-6-2-3-7-16)17(20-21)15-5-4-10-22(13-15)18(24)14-8-11-26-12-9-14/h14-16H,2-13H2,1H3. The van der Waals surface area contributed by atoms with Gasteiger partial charge in [-0.25, -0.2) is 9.48 Å². The van der Waals surface area contributed by atoms with Crippen LogP contribution in [0, 0.1) is 5.92 Å². The summed E-state index contributed by atoms with van der Waals surface area (Å²) < 4.78 is 8.82. The maximum absolute atomic E-state index is 12.9. The van der Waals surface area contributed by atoms with Crippen molar-refractivity contribution >= 4 is 5.91 Å². The predicted molar refractivity (Wildman–Crippen MR) is 97.1 cm³/mol. The molecule has 4 rings (SSSR count). The number of hydrogen-bond donors (Lipinski definition) is 0. The Labute approximate surface area is 154 Å². The number of aryl methyl sites for hydroxylation is 1. The highest BCUT2D eigenvalue weighted by Crippen LogP contribution is 2.33. The molecule has 0 radical (unpaired) electrons. The topological polar surface area (TPSA) is 69.4 Å². The number of rotatable bonds is 3. The van der Waals surface area contributed by atoms with Crippen molar-refractivity contribution in [3.63, 3.8) is 0 Å². The summed E-state index contributed by atoms with van der Waals surface area (Å²) in [6, 6.07) is 0.285. The van der Waals surface area contributed by atoms with Gasteiger partial charge in [0.15, 0.2) is 0 Å². The molecule has 1 saturated carbocycles. The van der Waals surface area contributed by atoms with Crippen molar-refractivity contribution in [3.05, 3.63) is 16.3 Å². The molecule has 2 saturated heterocycles. The van der Waals surface area contributed by atoms with E-state index >= 15 is 0 Å². The second-order valence-corrected chi connectivity index (χ2v) is 8.08. The van der Waals surface area contributed by atoms with Crippen LogP contribution in [-0.2, 0) is 16.6 Å². The largest absolute Gasteiger partial charge is 0.381 e. The number of amides is 1. The molecule has 3 aliphatic rings. The summed E-state index contributed by atoms with van der Waals surface area (Å²) in [6.45, 7) is 2.90. The van der Waals surface area contributed by atoms with E-state index in [9.17, 15) is 9.59 Å². The van der Waals surface area contributed by atoms with Gasteiger partial charge in [-0.3, -0.25) is 9.36 Å². The van der Waals surface area contributed by atoms with Crippen LogP contribution < -0.4 is 5.69 Å². The van der Waals surface area contributed by atoms with Crippen molar-refractivity contribution in [3.8, 4) is 0 Å². The van der Waals surface area contributed by atoms with E-state index in [1.807, 2.05) is 9.47 Å². The molecule has 7 heteroatoms. The second-order valence-electron chi connectivity index (χ2n) is 8.08. The van der Waals surface area contributed by atoms with Gasteiger partial charge in [0.2, 0.25) is 5.91 Å². The molecule has 144 valence electrons. The summed E-state index contributed by atoms with van der Waals surface area (Å²) in [5, 5.41) is 4.59. The van der Waals surface area contributed by atoms with Crippen LogP contribution in [0.5, 0.6) is 0 Å². The van der Waals surface area contributed by atoms with Gasteiger partial charge in [-0.2, -0.15) is 5.10 Å². The maximum atomic E-state index is 12.9. The summed E-state index contributed by atoms with van der Waals surface area (Å²) in [4.78, 5) is 27.6. The van der Waals surface area contributed by atoms with Gasteiger partial charge in [0.05, 0.1) is 0 Å². The van der Waals surface area contributed by atoms with Gasteiger partial charge >= 0.3 is 5.69 Å². The summed E-state index contributed by atoms with van der Waals surface area (Å²) in [7, 11) is 1.74. The lowest BCUT2D eigenvalue weighted by Gasteiger charge is -2.35. The van der Waals surface area contributed by atoms with Crippen LogP contribution in [-0.4, -0.2) is 51.5 Å². The fourth-order valence-electron chi connectivity index (χ4n) is 4.87. The summed E-state index contributed by atoms with van der Waals surface area (Å²) >= 11 is 0. The number of likely N-dealkylation sites (tertiary alicyclic amines) is 1. The quantitative estimate of drug-likeness (QED) is 0.823. The lowest BCUT2D eigenvalue weighted by molar-refractivity contribution is -0.139. The lowest BCUT2D eigenvalue weighted by Crippen LogP contribution is -2.44. The van der Waals surface area contributed by atoms with E-state index in [4.69, 9.17) is 4.74 Å². The molecule has 3 fully saturated rings. The summed E-state index contributed by atoms with van der Waals surface area (Å²) in [5.74, 6) is 1.43. The van der Waals surface area contributed by atoms with Crippen molar-refractivity contribution in [1.29, 1.82) is 0 Å².